The Morgan fingerprint density at radius 3 is 2.34 bits per heavy atom. The first kappa shape index (κ1) is 19.7. The molecule has 5 nitrogen and oxygen atoms in total. The second kappa shape index (κ2) is 7.34. The number of hydrogen-bond acceptors (Lipinski definition) is 4. The quantitative estimate of drug-likeness (QED) is 0.753. The molecule has 0 bridgehead atoms. The maximum Gasteiger partial charge on any atom is 0.285 e. The van der Waals surface area contributed by atoms with Crippen molar-refractivity contribution in [3.63, 3.8) is 0 Å². The van der Waals surface area contributed by atoms with Gasteiger partial charge in [-0.15, -0.1) is 4.40 Å². The van der Waals surface area contributed by atoms with Gasteiger partial charge in [-0.05, 0) is 51.0 Å². The van der Waals surface area contributed by atoms with Gasteiger partial charge in [-0.1, -0.05) is 42.0 Å². The van der Waals surface area contributed by atoms with E-state index in [-0.39, 0.29) is 6.04 Å². The third-order valence-corrected chi connectivity index (χ3v) is 7.19. The summed E-state index contributed by atoms with van der Waals surface area (Å²) in [5.41, 5.74) is 5.00. The van der Waals surface area contributed by atoms with E-state index in [1.54, 1.807) is 0 Å². The van der Waals surface area contributed by atoms with Crippen molar-refractivity contribution >= 4 is 26.5 Å². The summed E-state index contributed by atoms with van der Waals surface area (Å²) < 4.78 is 29.8. The molecule has 2 aliphatic rings. The third kappa shape index (κ3) is 3.69. The Balaban J connectivity index is 1.60. The highest BCUT2D eigenvalue weighted by molar-refractivity contribution is 8.00. The van der Waals surface area contributed by atoms with Crippen LogP contribution in [0.15, 0.2) is 58.5 Å². The predicted octanol–water partition coefficient (Wildman–Crippen LogP) is 3.99. The van der Waals surface area contributed by atoms with Crippen LogP contribution < -0.4 is 4.90 Å². The summed E-state index contributed by atoms with van der Waals surface area (Å²) in [6.45, 7) is 10.5. The van der Waals surface area contributed by atoms with Gasteiger partial charge < -0.3 is 9.80 Å². The summed E-state index contributed by atoms with van der Waals surface area (Å²) in [6, 6.07) is 16.4. The molecule has 0 radical (unpaired) electrons. The summed E-state index contributed by atoms with van der Waals surface area (Å²) in [7, 11) is -3.68. The first-order valence-electron chi connectivity index (χ1n) is 9.98. The molecule has 1 fully saturated rings. The number of hydrogen-bond donors (Lipinski definition) is 0. The molecule has 29 heavy (non-hydrogen) atoms. The Bertz CT molecular complexity index is 1100. The molecule has 1 saturated heterocycles. The molecule has 152 valence electrons. The second-order valence-electron chi connectivity index (χ2n) is 8.04. The van der Waals surface area contributed by atoms with Crippen LogP contribution in [0.2, 0.25) is 0 Å². The first-order chi connectivity index (χ1) is 13.8. The molecule has 2 aromatic rings. The maximum absolute atomic E-state index is 12.8. The van der Waals surface area contributed by atoms with Crippen LogP contribution in [0.4, 0.5) is 5.69 Å². The highest BCUT2D eigenvalue weighted by atomic mass is 32.2. The molecule has 0 unspecified atom stereocenters. The Labute approximate surface area is 173 Å². The van der Waals surface area contributed by atoms with Crippen molar-refractivity contribution in [2.75, 3.05) is 24.5 Å². The van der Waals surface area contributed by atoms with Crippen molar-refractivity contribution in [2.24, 2.45) is 4.40 Å². The van der Waals surface area contributed by atoms with E-state index in [4.69, 9.17) is 0 Å². The van der Waals surface area contributed by atoms with E-state index < -0.39 is 10.0 Å². The van der Waals surface area contributed by atoms with Crippen LogP contribution in [0.1, 0.15) is 30.5 Å². The molecule has 2 aromatic carbocycles. The Morgan fingerprint density at radius 1 is 0.966 bits per heavy atom. The fraction of sp³-hybridized carbons (Fsp3) is 0.348. The molecule has 0 aromatic heterocycles. The molecule has 6 heteroatoms. The second-order valence-corrected chi connectivity index (χ2v) is 9.58. The lowest BCUT2D eigenvalue weighted by Crippen LogP contribution is -2.53. The summed E-state index contributed by atoms with van der Waals surface area (Å²) in [5, 5.41) is 0. The Hall–Kier alpha value is -2.60. The molecule has 0 aliphatic carbocycles. The number of amidine groups is 1. The average molecular weight is 410 g/mol. The van der Waals surface area contributed by atoms with Gasteiger partial charge in [0.2, 0.25) is 0 Å². The zero-order valence-corrected chi connectivity index (χ0v) is 18.2. The summed E-state index contributed by atoms with van der Waals surface area (Å²) in [5.74, 6) is 0.594. The topological polar surface area (TPSA) is 53.0 Å². The normalized spacial score (nSPS) is 21.5. The SMILES string of the molecule is CC1=C(c2ccc(C)cc2)S(=O)(=O)N=C1N1CCN(c2cccc(C)c2)[C@@H](C)C1. The van der Waals surface area contributed by atoms with E-state index in [0.29, 0.717) is 16.3 Å². The fourth-order valence-electron chi connectivity index (χ4n) is 4.23. The summed E-state index contributed by atoms with van der Waals surface area (Å²) >= 11 is 0. The van der Waals surface area contributed by atoms with Gasteiger partial charge in [0.25, 0.3) is 10.0 Å². The van der Waals surface area contributed by atoms with Gasteiger partial charge in [-0.3, -0.25) is 0 Å². The summed E-state index contributed by atoms with van der Waals surface area (Å²) in [4.78, 5) is 4.83. The number of sulfonamides is 1. The smallest absolute Gasteiger partial charge is 0.285 e. The van der Waals surface area contributed by atoms with Crippen molar-refractivity contribution in [1.82, 2.24) is 4.90 Å². The highest BCUT2D eigenvalue weighted by Crippen LogP contribution is 2.34. The van der Waals surface area contributed by atoms with Crippen LogP contribution in [0.3, 0.4) is 0 Å². The van der Waals surface area contributed by atoms with E-state index in [0.717, 1.165) is 30.8 Å². The number of benzene rings is 2. The number of aryl methyl sites for hydroxylation is 2. The molecule has 0 saturated carbocycles. The minimum Gasteiger partial charge on any atom is -0.365 e. The van der Waals surface area contributed by atoms with Crippen molar-refractivity contribution in [2.45, 2.75) is 33.7 Å². The number of anilines is 1. The lowest BCUT2D eigenvalue weighted by atomic mass is 10.1. The molecular formula is C23H27N3O2S. The van der Waals surface area contributed by atoms with Gasteiger partial charge in [0.15, 0.2) is 0 Å². The largest absolute Gasteiger partial charge is 0.365 e. The fourth-order valence-corrected chi connectivity index (χ4v) is 5.71. The van der Waals surface area contributed by atoms with E-state index in [1.807, 2.05) is 38.1 Å². The average Bonchev–Trinajstić information content (AvgIpc) is 2.91. The van der Waals surface area contributed by atoms with Crippen molar-refractivity contribution in [1.29, 1.82) is 0 Å². The van der Waals surface area contributed by atoms with E-state index in [9.17, 15) is 8.42 Å². The van der Waals surface area contributed by atoms with E-state index >= 15 is 0 Å². The van der Waals surface area contributed by atoms with E-state index in [1.165, 1.54) is 11.3 Å². The van der Waals surface area contributed by atoms with Crippen molar-refractivity contribution in [3.05, 3.63) is 70.8 Å². The van der Waals surface area contributed by atoms with Crippen LogP contribution in [0, 0.1) is 13.8 Å². The van der Waals surface area contributed by atoms with Gasteiger partial charge in [-0.2, -0.15) is 8.42 Å². The zero-order valence-electron chi connectivity index (χ0n) is 17.4. The van der Waals surface area contributed by atoms with Crippen molar-refractivity contribution in [3.8, 4) is 0 Å². The summed E-state index contributed by atoms with van der Waals surface area (Å²) in [6.07, 6.45) is 0. The minimum atomic E-state index is -3.68. The molecule has 0 N–H and O–H groups in total. The predicted molar refractivity (Wildman–Crippen MR) is 120 cm³/mol. The Morgan fingerprint density at radius 2 is 1.69 bits per heavy atom. The number of nitrogens with zero attached hydrogens (tertiary/aromatic N) is 3. The molecule has 0 amide bonds. The highest BCUT2D eigenvalue weighted by Gasteiger charge is 2.35. The standard InChI is InChI=1S/C23H27N3O2S/c1-16-8-10-20(11-9-16)22-19(4)23(24-29(22,27)28)25-12-13-26(18(3)15-25)21-7-5-6-17(2)14-21/h5-11,14,18H,12-13,15H2,1-4H3/t18-/m0/s1. The van der Waals surface area contributed by atoms with Crippen LogP contribution in [-0.2, 0) is 10.0 Å². The third-order valence-electron chi connectivity index (χ3n) is 5.71. The first-order valence-corrected chi connectivity index (χ1v) is 11.4. The molecule has 2 heterocycles. The van der Waals surface area contributed by atoms with Gasteiger partial charge in [0, 0.05) is 36.9 Å². The van der Waals surface area contributed by atoms with Gasteiger partial charge >= 0.3 is 0 Å². The lowest BCUT2D eigenvalue weighted by Gasteiger charge is -2.42. The minimum absolute atomic E-state index is 0.257. The monoisotopic (exact) mass is 409 g/mol. The molecule has 1 atom stereocenters. The zero-order chi connectivity index (χ0) is 20.8. The van der Waals surface area contributed by atoms with Gasteiger partial charge in [0.1, 0.15) is 10.7 Å². The van der Waals surface area contributed by atoms with Crippen LogP contribution in [-0.4, -0.2) is 44.8 Å². The molecule has 4 rings (SSSR count). The van der Waals surface area contributed by atoms with E-state index in [2.05, 4.69) is 52.3 Å². The maximum atomic E-state index is 12.8. The number of rotatable bonds is 2. The van der Waals surface area contributed by atoms with Gasteiger partial charge in [0.05, 0.1) is 0 Å². The van der Waals surface area contributed by atoms with Crippen LogP contribution in [0.25, 0.3) is 4.91 Å². The lowest BCUT2D eigenvalue weighted by molar-refractivity contribution is 0.339. The van der Waals surface area contributed by atoms with Gasteiger partial charge in [-0.25, -0.2) is 0 Å². The Kier molecular flexibility index (Phi) is 4.99. The molecule has 0 spiro atoms. The number of piperazine rings is 1. The van der Waals surface area contributed by atoms with Crippen LogP contribution in [0.5, 0.6) is 0 Å². The molecular weight excluding hydrogens is 382 g/mol. The van der Waals surface area contributed by atoms with Crippen molar-refractivity contribution < 1.29 is 8.42 Å². The van der Waals surface area contributed by atoms with Crippen LogP contribution >= 0.6 is 0 Å². The molecule has 2 aliphatic heterocycles.